The Balaban J connectivity index is 2.68. The molecule has 0 fully saturated rings. The van der Waals surface area contributed by atoms with E-state index in [-0.39, 0.29) is 18.2 Å². The highest BCUT2D eigenvalue weighted by Gasteiger charge is 2.11. The minimum absolute atomic E-state index is 0.134. The van der Waals surface area contributed by atoms with E-state index in [1.165, 1.54) is 6.20 Å². The quantitative estimate of drug-likeness (QED) is 0.773. The summed E-state index contributed by atoms with van der Waals surface area (Å²) in [5, 5.41) is 11.4. The first-order valence-electron chi connectivity index (χ1n) is 4.69. The first kappa shape index (κ1) is 11.6. The molecule has 0 aromatic carbocycles. The zero-order valence-corrected chi connectivity index (χ0v) is 8.40. The second kappa shape index (κ2) is 5.41. The molecule has 0 bridgehead atoms. The van der Waals surface area contributed by atoms with E-state index in [0.29, 0.717) is 6.42 Å². The number of aliphatic hydroxyl groups is 1. The molecule has 0 aliphatic carbocycles. The van der Waals surface area contributed by atoms with Crippen molar-refractivity contribution < 1.29 is 14.3 Å². The molecule has 0 saturated carbocycles. The van der Waals surface area contributed by atoms with E-state index in [4.69, 9.17) is 5.11 Å². The maximum atomic E-state index is 12.7. The van der Waals surface area contributed by atoms with Gasteiger partial charge in [-0.3, -0.25) is 9.78 Å². The number of pyridine rings is 1. The van der Waals surface area contributed by atoms with Crippen LogP contribution >= 0.6 is 0 Å². The Morgan fingerprint density at radius 2 is 2.40 bits per heavy atom. The molecule has 2 N–H and O–H groups in total. The highest BCUT2D eigenvalue weighted by molar-refractivity contribution is 5.94. The van der Waals surface area contributed by atoms with Crippen molar-refractivity contribution in [3.05, 3.63) is 29.8 Å². The van der Waals surface area contributed by atoms with Crippen LogP contribution in [0.3, 0.4) is 0 Å². The number of carbonyl (C=O) groups is 1. The van der Waals surface area contributed by atoms with Crippen molar-refractivity contribution in [1.82, 2.24) is 10.3 Å². The molecule has 1 amide bonds. The highest BCUT2D eigenvalue weighted by Crippen LogP contribution is 2.01. The molecule has 4 nitrogen and oxygen atoms in total. The molecule has 0 aliphatic heterocycles. The van der Waals surface area contributed by atoms with Gasteiger partial charge < -0.3 is 10.4 Å². The number of hydrogen-bond acceptors (Lipinski definition) is 3. The van der Waals surface area contributed by atoms with Crippen LogP contribution in [0, 0.1) is 5.82 Å². The Hall–Kier alpha value is -1.49. The molecular weight excluding hydrogens is 199 g/mol. The van der Waals surface area contributed by atoms with Crippen LogP contribution in [0.1, 0.15) is 23.7 Å². The van der Waals surface area contributed by atoms with Gasteiger partial charge in [0, 0.05) is 6.20 Å². The Bertz CT molecular complexity index is 340. The first-order chi connectivity index (χ1) is 7.17. The Labute approximate surface area is 87.1 Å². The Kier molecular flexibility index (Phi) is 4.17. The normalized spacial score (nSPS) is 12.2. The van der Waals surface area contributed by atoms with Crippen LogP contribution < -0.4 is 5.32 Å². The van der Waals surface area contributed by atoms with Crippen LogP contribution in [0.15, 0.2) is 18.5 Å². The summed E-state index contributed by atoms with van der Waals surface area (Å²) >= 11 is 0. The fourth-order valence-electron chi connectivity index (χ4n) is 1.08. The number of carbonyl (C=O) groups excluding carboxylic acids is 1. The third-order valence-electron chi connectivity index (χ3n) is 2.02. The number of rotatable bonds is 4. The monoisotopic (exact) mass is 212 g/mol. The van der Waals surface area contributed by atoms with Crippen molar-refractivity contribution in [2.45, 2.75) is 19.4 Å². The van der Waals surface area contributed by atoms with Gasteiger partial charge in [-0.05, 0) is 12.5 Å². The predicted molar refractivity (Wildman–Crippen MR) is 52.8 cm³/mol. The van der Waals surface area contributed by atoms with E-state index >= 15 is 0 Å². The number of aliphatic hydroxyl groups excluding tert-OH is 1. The number of halogens is 1. The molecule has 1 atom stereocenters. The topological polar surface area (TPSA) is 62.2 Å². The second-order valence-electron chi connectivity index (χ2n) is 3.15. The molecule has 0 aliphatic rings. The standard InChI is InChI=1S/C10H13FN2O2/c1-2-9(6-14)13-10(15)7-3-8(11)5-12-4-7/h3-5,9,14H,2,6H2,1H3,(H,13,15)/t9-/m1/s1. The molecule has 82 valence electrons. The smallest absolute Gasteiger partial charge is 0.253 e. The molecule has 15 heavy (non-hydrogen) atoms. The van der Waals surface area contributed by atoms with E-state index in [2.05, 4.69) is 10.3 Å². The molecule has 1 aromatic rings. The maximum Gasteiger partial charge on any atom is 0.253 e. The SMILES string of the molecule is CC[C@H](CO)NC(=O)c1cncc(F)c1. The zero-order valence-electron chi connectivity index (χ0n) is 8.40. The number of amides is 1. The molecule has 0 spiro atoms. The van der Waals surface area contributed by atoms with E-state index in [0.717, 1.165) is 12.3 Å². The van der Waals surface area contributed by atoms with Gasteiger partial charge in [0.05, 0.1) is 24.4 Å². The summed E-state index contributed by atoms with van der Waals surface area (Å²) in [6.45, 7) is 1.70. The maximum absolute atomic E-state index is 12.7. The molecule has 0 unspecified atom stereocenters. The van der Waals surface area contributed by atoms with E-state index < -0.39 is 11.7 Å². The van der Waals surface area contributed by atoms with E-state index in [1.54, 1.807) is 0 Å². The van der Waals surface area contributed by atoms with Gasteiger partial charge in [-0.15, -0.1) is 0 Å². The zero-order chi connectivity index (χ0) is 11.3. The summed E-state index contributed by atoms with van der Waals surface area (Å²) < 4.78 is 12.7. The van der Waals surface area contributed by atoms with Crippen molar-refractivity contribution >= 4 is 5.91 Å². The number of aromatic nitrogens is 1. The second-order valence-corrected chi connectivity index (χ2v) is 3.15. The Morgan fingerprint density at radius 1 is 1.67 bits per heavy atom. The molecule has 0 radical (unpaired) electrons. The fourth-order valence-corrected chi connectivity index (χ4v) is 1.08. The minimum Gasteiger partial charge on any atom is -0.394 e. The van der Waals surface area contributed by atoms with Crippen molar-refractivity contribution in [1.29, 1.82) is 0 Å². The lowest BCUT2D eigenvalue weighted by Gasteiger charge is -2.13. The fraction of sp³-hybridized carbons (Fsp3) is 0.400. The number of nitrogens with zero attached hydrogens (tertiary/aromatic N) is 1. The van der Waals surface area contributed by atoms with Gasteiger partial charge in [-0.2, -0.15) is 0 Å². The predicted octanol–water partition coefficient (Wildman–Crippen LogP) is 0.721. The van der Waals surface area contributed by atoms with E-state index in [9.17, 15) is 9.18 Å². The summed E-state index contributed by atoms with van der Waals surface area (Å²) in [5.74, 6) is -0.984. The summed E-state index contributed by atoms with van der Waals surface area (Å²) in [6, 6.07) is 0.799. The van der Waals surface area contributed by atoms with E-state index in [1.807, 2.05) is 6.92 Å². The van der Waals surface area contributed by atoms with Crippen LogP contribution in [0.4, 0.5) is 4.39 Å². The Morgan fingerprint density at radius 3 is 2.93 bits per heavy atom. The number of nitrogens with one attached hydrogen (secondary N) is 1. The summed E-state index contributed by atoms with van der Waals surface area (Å²) in [5.41, 5.74) is 0.155. The molecule has 1 aromatic heterocycles. The lowest BCUT2D eigenvalue weighted by Crippen LogP contribution is -2.37. The molecule has 1 heterocycles. The van der Waals surface area contributed by atoms with Gasteiger partial charge in [-0.25, -0.2) is 4.39 Å². The van der Waals surface area contributed by atoms with Gasteiger partial charge in [0.2, 0.25) is 0 Å². The van der Waals surface area contributed by atoms with Gasteiger partial charge in [0.1, 0.15) is 5.82 Å². The average molecular weight is 212 g/mol. The van der Waals surface area contributed by atoms with Crippen LogP contribution in [-0.4, -0.2) is 28.6 Å². The first-order valence-corrected chi connectivity index (χ1v) is 4.69. The summed E-state index contributed by atoms with van der Waals surface area (Å²) in [6.07, 6.45) is 2.92. The highest BCUT2D eigenvalue weighted by atomic mass is 19.1. The number of hydrogen-bond donors (Lipinski definition) is 2. The van der Waals surface area contributed by atoms with Crippen molar-refractivity contribution in [2.24, 2.45) is 0 Å². The molecular formula is C10H13FN2O2. The third kappa shape index (κ3) is 3.28. The lowest BCUT2D eigenvalue weighted by molar-refractivity contribution is 0.0914. The molecule has 5 heteroatoms. The van der Waals surface area contributed by atoms with Gasteiger partial charge in [0.25, 0.3) is 5.91 Å². The van der Waals surface area contributed by atoms with Gasteiger partial charge >= 0.3 is 0 Å². The molecule has 0 saturated heterocycles. The van der Waals surface area contributed by atoms with Crippen molar-refractivity contribution in [3.8, 4) is 0 Å². The third-order valence-corrected chi connectivity index (χ3v) is 2.02. The van der Waals surface area contributed by atoms with Crippen LogP contribution in [0.5, 0.6) is 0 Å². The summed E-state index contributed by atoms with van der Waals surface area (Å²) in [7, 11) is 0. The minimum atomic E-state index is -0.556. The summed E-state index contributed by atoms with van der Waals surface area (Å²) in [4.78, 5) is 15.1. The van der Waals surface area contributed by atoms with Crippen LogP contribution in [0.25, 0.3) is 0 Å². The largest absolute Gasteiger partial charge is 0.394 e. The molecule has 1 rings (SSSR count). The lowest BCUT2D eigenvalue weighted by atomic mass is 10.2. The average Bonchev–Trinajstić information content (AvgIpc) is 2.25. The van der Waals surface area contributed by atoms with Gasteiger partial charge in [0.15, 0.2) is 0 Å². The van der Waals surface area contributed by atoms with Crippen molar-refractivity contribution in [2.75, 3.05) is 6.61 Å². The van der Waals surface area contributed by atoms with Crippen molar-refractivity contribution in [3.63, 3.8) is 0 Å². The van der Waals surface area contributed by atoms with Crippen LogP contribution in [0.2, 0.25) is 0 Å². The van der Waals surface area contributed by atoms with Crippen LogP contribution in [-0.2, 0) is 0 Å². The van der Waals surface area contributed by atoms with Gasteiger partial charge in [-0.1, -0.05) is 6.92 Å².